The largest absolute Gasteiger partial charge is 0.368 e. The van der Waals surface area contributed by atoms with Crippen molar-refractivity contribution in [1.29, 1.82) is 0 Å². The Labute approximate surface area is 93.9 Å². The van der Waals surface area contributed by atoms with E-state index in [1.807, 2.05) is 0 Å². The van der Waals surface area contributed by atoms with E-state index in [9.17, 15) is 13.6 Å². The van der Waals surface area contributed by atoms with Crippen LogP contribution in [-0.4, -0.2) is 25.8 Å². The predicted molar refractivity (Wildman–Crippen MR) is 60.3 cm³/mol. The van der Waals surface area contributed by atoms with Crippen LogP contribution in [0, 0.1) is 0 Å². The van der Waals surface area contributed by atoms with Gasteiger partial charge >= 0.3 is 0 Å². The van der Waals surface area contributed by atoms with Gasteiger partial charge in [-0.25, -0.2) is 8.78 Å². The normalized spacial score (nSPS) is 10.6. The van der Waals surface area contributed by atoms with Gasteiger partial charge in [0.05, 0.1) is 6.54 Å². The zero-order valence-electron chi connectivity index (χ0n) is 9.41. The van der Waals surface area contributed by atoms with E-state index in [1.165, 1.54) is 4.90 Å². The Morgan fingerprint density at radius 2 is 2.00 bits per heavy atom. The molecule has 0 saturated heterocycles. The number of hydrogen-bond acceptors (Lipinski definition) is 2. The molecule has 2 nitrogen and oxygen atoms in total. The van der Waals surface area contributed by atoms with Crippen LogP contribution < -0.4 is 4.90 Å². The lowest BCUT2D eigenvalue weighted by atomic mass is 10.1. The SMILES string of the molecule is CCC(=O)c1ccccc1N(C)CC(F)F. The number of benzene rings is 1. The molecule has 0 bridgehead atoms. The first-order chi connectivity index (χ1) is 7.56. The zero-order chi connectivity index (χ0) is 12.1. The maximum absolute atomic E-state index is 12.3. The average Bonchev–Trinajstić information content (AvgIpc) is 2.27. The van der Waals surface area contributed by atoms with E-state index in [0.717, 1.165) is 0 Å². The van der Waals surface area contributed by atoms with Crippen molar-refractivity contribution in [3.05, 3.63) is 29.8 Å². The lowest BCUT2D eigenvalue weighted by molar-refractivity contribution is 0.0988. The number of rotatable bonds is 5. The first-order valence-corrected chi connectivity index (χ1v) is 5.17. The third-order valence-electron chi connectivity index (χ3n) is 2.35. The van der Waals surface area contributed by atoms with Crippen LogP contribution in [0.5, 0.6) is 0 Å². The standard InChI is InChI=1S/C12H15F2NO/c1-3-11(16)9-6-4-5-7-10(9)15(2)8-12(13)14/h4-7,12H,3,8H2,1-2H3. The van der Waals surface area contributed by atoms with Crippen LogP contribution in [0.25, 0.3) is 0 Å². The fraction of sp³-hybridized carbons (Fsp3) is 0.417. The minimum absolute atomic E-state index is 0.0308. The second-order valence-electron chi connectivity index (χ2n) is 3.57. The van der Waals surface area contributed by atoms with Gasteiger partial charge in [0.15, 0.2) is 5.78 Å². The highest BCUT2D eigenvalue weighted by atomic mass is 19.3. The molecule has 0 N–H and O–H groups in total. The van der Waals surface area contributed by atoms with Crippen LogP contribution in [-0.2, 0) is 0 Å². The zero-order valence-corrected chi connectivity index (χ0v) is 9.41. The fourth-order valence-electron chi connectivity index (χ4n) is 1.54. The third-order valence-corrected chi connectivity index (χ3v) is 2.35. The van der Waals surface area contributed by atoms with Gasteiger partial charge < -0.3 is 4.90 Å². The van der Waals surface area contributed by atoms with E-state index in [4.69, 9.17) is 0 Å². The summed E-state index contributed by atoms with van der Waals surface area (Å²) in [6.07, 6.45) is -2.03. The molecule has 0 spiro atoms. The quantitative estimate of drug-likeness (QED) is 0.721. The lowest BCUT2D eigenvalue weighted by Gasteiger charge is -2.21. The van der Waals surface area contributed by atoms with Crippen molar-refractivity contribution in [2.75, 3.05) is 18.5 Å². The number of anilines is 1. The van der Waals surface area contributed by atoms with Crippen molar-refractivity contribution >= 4 is 11.5 Å². The smallest absolute Gasteiger partial charge is 0.255 e. The Hall–Kier alpha value is -1.45. The summed E-state index contributed by atoms with van der Waals surface area (Å²) in [7, 11) is 1.56. The number of nitrogens with zero attached hydrogens (tertiary/aromatic N) is 1. The topological polar surface area (TPSA) is 20.3 Å². The van der Waals surface area contributed by atoms with Gasteiger partial charge in [0, 0.05) is 24.7 Å². The number of alkyl halides is 2. The van der Waals surface area contributed by atoms with Gasteiger partial charge in [0.25, 0.3) is 6.43 Å². The lowest BCUT2D eigenvalue weighted by Crippen LogP contribution is -2.25. The first kappa shape index (κ1) is 12.6. The van der Waals surface area contributed by atoms with E-state index in [-0.39, 0.29) is 12.3 Å². The third kappa shape index (κ3) is 3.02. The molecule has 88 valence electrons. The maximum atomic E-state index is 12.3. The highest BCUT2D eigenvalue weighted by molar-refractivity contribution is 6.01. The van der Waals surface area contributed by atoms with E-state index in [2.05, 4.69) is 0 Å². The molecule has 0 aliphatic rings. The summed E-state index contributed by atoms with van der Waals surface area (Å²) in [5.74, 6) is -0.0308. The molecule has 0 heterocycles. The Kier molecular flexibility index (Phi) is 4.40. The number of ketones is 1. The van der Waals surface area contributed by atoms with Gasteiger partial charge in [-0.1, -0.05) is 19.1 Å². The van der Waals surface area contributed by atoms with Crippen LogP contribution in [0.4, 0.5) is 14.5 Å². The van der Waals surface area contributed by atoms with Crippen molar-refractivity contribution in [2.24, 2.45) is 0 Å². The second kappa shape index (κ2) is 5.58. The summed E-state index contributed by atoms with van der Waals surface area (Å²) in [6, 6.07) is 6.83. The Morgan fingerprint density at radius 1 is 1.38 bits per heavy atom. The van der Waals surface area contributed by atoms with Crippen molar-refractivity contribution in [2.45, 2.75) is 19.8 Å². The van der Waals surface area contributed by atoms with Gasteiger partial charge in [0.1, 0.15) is 0 Å². The minimum atomic E-state index is -2.41. The molecule has 1 aromatic carbocycles. The maximum Gasteiger partial charge on any atom is 0.255 e. The van der Waals surface area contributed by atoms with Crippen molar-refractivity contribution in [3.8, 4) is 0 Å². The molecule has 0 aliphatic carbocycles. The predicted octanol–water partition coefficient (Wildman–Crippen LogP) is 2.98. The monoisotopic (exact) mass is 227 g/mol. The van der Waals surface area contributed by atoms with E-state index in [0.29, 0.717) is 17.7 Å². The molecule has 0 amide bonds. The van der Waals surface area contributed by atoms with Gasteiger partial charge in [-0.05, 0) is 12.1 Å². The van der Waals surface area contributed by atoms with Crippen LogP contribution in [0.3, 0.4) is 0 Å². The second-order valence-corrected chi connectivity index (χ2v) is 3.57. The Balaban J connectivity index is 2.98. The Bertz CT molecular complexity index is 366. The molecule has 1 aromatic rings. The number of para-hydroxylation sites is 1. The van der Waals surface area contributed by atoms with Crippen LogP contribution in [0.1, 0.15) is 23.7 Å². The minimum Gasteiger partial charge on any atom is -0.368 e. The molecular formula is C12H15F2NO. The number of hydrogen-bond donors (Lipinski definition) is 0. The molecule has 0 aliphatic heterocycles. The van der Waals surface area contributed by atoms with Gasteiger partial charge in [-0.2, -0.15) is 0 Å². The van der Waals surface area contributed by atoms with Crippen LogP contribution in [0.15, 0.2) is 24.3 Å². The molecule has 0 unspecified atom stereocenters. The molecule has 4 heteroatoms. The van der Waals surface area contributed by atoms with Gasteiger partial charge in [-0.15, -0.1) is 0 Å². The molecule has 0 radical (unpaired) electrons. The summed E-state index contributed by atoms with van der Waals surface area (Å²) in [6.45, 7) is 1.39. The van der Waals surface area contributed by atoms with Crippen LogP contribution in [0.2, 0.25) is 0 Å². The van der Waals surface area contributed by atoms with Crippen molar-refractivity contribution in [1.82, 2.24) is 0 Å². The molecule has 0 saturated carbocycles. The summed E-state index contributed by atoms with van der Waals surface area (Å²) < 4.78 is 24.5. The molecule has 0 atom stereocenters. The van der Waals surface area contributed by atoms with E-state index >= 15 is 0 Å². The number of carbonyl (C=O) groups is 1. The number of Topliss-reactive ketones (excluding diaryl/α,β-unsaturated/α-hetero) is 1. The van der Waals surface area contributed by atoms with Crippen molar-refractivity contribution in [3.63, 3.8) is 0 Å². The average molecular weight is 227 g/mol. The molecule has 0 aromatic heterocycles. The van der Waals surface area contributed by atoms with E-state index in [1.54, 1.807) is 38.2 Å². The number of halogens is 2. The van der Waals surface area contributed by atoms with Crippen LogP contribution >= 0.6 is 0 Å². The molecule has 16 heavy (non-hydrogen) atoms. The fourth-order valence-corrected chi connectivity index (χ4v) is 1.54. The summed E-state index contributed by atoms with van der Waals surface area (Å²) in [5.41, 5.74) is 1.07. The van der Waals surface area contributed by atoms with Crippen molar-refractivity contribution < 1.29 is 13.6 Å². The molecule has 0 fully saturated rings. The van der Waals surface area contributed by atoms with Gasteiger partial charge in [0.2, 0.25) is 0 Å². The Morgan fingerprint density at radius 3 is 2.56 bits per heavy atom. The van der Waals surface area contributed by atoms with Gasteiger partial charge in [-0.3, -0.25) is 4.79 Å². The summed E-state index contributed by atoms with van der Waals surface area (Å²) in [5, 5.41) is 0. The summed E-state index contributed by atoms with van der Waals surface area (Å²) >= 11 is 0. The molecule has 1 rings (SSSR count). The first-order valence-electron chi connectivity index (χ1n) is 5.17. The molecular weight excluding hydrogens is 212 g/mol. The highest BCUT2D eigenvalue weighted by Crippen LogP contribution is 2.21. The number of carbonyl (C=O) groups excluding carboxylic acids is 1. The summed E-state index contributed by atoms with van der Waals surface area (Å²) in [4.78, 5) is 13.0. The van der Waals surface area contributed by atoms with E-state index < -0.39 is 6.43 Å². The highest BCUT2D eigenvalue weighted by Gasteiger charge is 2.14.